The Bertz CT molecular complexity index is 544. The number of nitrogens with two attached hydrogens (primary N) is 1. The summed E-state index contributed by atoms with van der Waals surface area (Å²) in [5, 5.41) is 0.229. The van der Waals surface area contributed by atoms with E-state index < -0.39 is 17.7 Å². The van der Waals surface area contributed by atoms with Crippen LogP contribution in [0, 0.1) is 0 Å². The smallest absolute Gasteiger partial charge is 0.179 e. The van der Waals surface area contributed by atoms with Gasteiger partial charge in [-0.2, -0.15) is 0 Å². The van der Waals surface area contributed by atoms with Gasteiger partial charge >= 0.3 is 0 Å². The molecule has 1 aliphatic carbocycles. The maximum absolute atomic E-state index is 12.1. The second kappa shape index (κ2) is 3.80. The minimum atomic E-state index is -1.97. The van der Waals surface area contributed by atoms with Gasteiger partial charge in [0.05, 0.1) is 1.37 Å². The Labute approximate surface area is 97.9 Å². The quantitative estimate of drug-likeness (QED) is 0.796. The number of ketones is 1. The van der Waals surface area contributed by atoms with Crippen molar-refractivity contribution in [3.63, 3.8) is 0 Å². The van der Waals surface area contributed by atoms with Gasteiger partial charge in [0, 0.05) is 7.76 Å². The molecule has 78 valence electrons. The van der Waals surface area contributed by atoms with Crippen molar-refractivity contribution in [2.45, 2.75) is 18.3 Å². The van der Waals surface area contributed by atoms with E-state index in [0.29, 0.717) is 0 Å². The summed E-state index contributed by atoms with van der Waals surface area (Å²) in [5.41, 5.74) is 4.34. The van der Waals surface area contributed by atoms with Gasteiger partial charge < -0.3 is 5.73 Å². The summed E-state index contributed by atoms with van der Waals surface area (Å²) in [6, 6.07) is 6.12. The van der Waals surface area contributed by atoms with Gasteiger partial charge in [-0.15, -0.1) is 0 Å². The van der Waals surface area contributed by atoms with Crippen molar-refractivity contribution >= 4 is 17.4 Å². The fourth-order valence-corrected chi connectivity index (χ4v) is 1.83. The first-order valence-corrected chi connectivity index (χ1v) is 4.94. The molecule has 2 nitrogen and oxygen atoms in total. The Hall–Kier alpha value is -1.12. The van der Waals surface area contributed by atoms with Gasteiger partial charge in [-0.3, -0.25) is 4.79 Å². The van der Waals surface area contributed by atoms with Gasteiger partial charge in [0.2, 0.25) is 0 Å². The Morgan fingerprint density at radius 2 is 2.27 bits per heavy atom. The predicted molar refractivity (Wildman–Crippen MR) is 60.7 cm³/mol. The lowest BCUT2D eigenvalue weighted by Crippen LogP contribution is -2.45. The normalized spacial score (nSPS) is 32.5. The molecule has 0 aliphatic heterocycles. The molecule has 0 saturated heterocycles. The third-order valence-corrected chi connectivity index (χ3v) is 2.70. The van der Waals surface area contributed by atoms with Crippen LogP contribution in [0.1, 0.15) is 22.5 Å². The molecule has 2 rings (SSSR count). The van der Waals surface area contributed by atoms with Gasteiger partial charge in [-0.1, -0.05) is 35.9 Å². The molecule has 0 saturated carbocycles. The van der Waals surface area contributed by atoms with Gasteiger partial charge in [0.25, 0.3) is 0 Å². The number of carbonyl (C=O) groups is 1. The largest absolute Gasteiger partial charge is 0.315 e. The van der Waals surface area contributed by atoms with E-state index in [-0.39, 0.29) is 23.1 Å². The molecule has 1 aromatic rings. The average molecular weight is 225 g/mol. The lowest BCUT2D eigenvalue weighted by atomic mass is 9.79. The molecule has 1 aromatic carbocycles. The Kier molecular flexibility index (Phi) is 1.82. The van der Waals surface area contributed by atoms with Crippen molar-refractivity contribution in [3.8, 4) is 0 Å². The molecule has 0 bridgehead atoms. The van der Waals surface area contributed by atoms with Crippen LogP contribution < -0.4 is 5.73 Å². The van der Waals surface area contributed by atoms with E-state index in [1.807, 2.05) is 0 Å². The Morgan fingerprint density at radius 1 is 1.53 bits per heavy atom. The van der Waals surface area contributed by atoms with E-state index in [1.165, 1.54) is 12.1 Å². The monoisotopic (exact) mass is 224 g/mol. The fraction of sp³-hybridized carbons (Fsp3) is 0.250. The van der Waals surface area contributed by atoms with Crippen LogP contribution in [0.2, 0.25) is 5.02 Å². The highest BCUT2D eigenvalue weighted by Crippen LogP contribution is 2.33. The van der Waals surface area contributed by atoms with Crippen molar-refractivity contribution in [2.24, 2.45) is 5.73 Å². The van der Waals surface area contributed by atoms with Crippen molar-refractivity contribution in [2.75, 3.05) is 0 Å². The molecular weight excluding hydrogens is 210 g/mol. The predicted octanol–water partition coefficient (Wildman–Crippen LogP) is 2.41. The lowest BCUT2D eigenvalue weighted by molar-refractivity contribution is -0.120. The SMILES string of the molecule is [2H]C1=CCC([2H])([2H])C(N)(c2ccccc2Cl)C1=O. The van der Waals surface area contributed by atoms with Crippen LogP contribution >= 0.6 is 11.6 Å². The van der Waals surface area contributed by atoms with Crippen molar-refractivity contribution in [3.05, 3.63) is 47.0 Å². The molecule has 15 heavy (non-hydrogen) atoms. The number of carbonyl (C=O) groups excluding carboxylic acids is 1. The van der Waals surface area contributed by atoms with Crippen LogP contribution in [0.5, 0.6) is 0 Å². The van der Waals surface area contributed by atoms with E-state index in [9.17, 15) is 4.79 Å². The van der Waals surface area contributed by atoms with Crippen molar-refractivity contribution in [1.29, 1.82) is 0 Å². The molecule has 2 N–H and O–H groups in total. The topological polar surface area (TPSA) is 43.1 Å². The van der Waals surface area contributed by atoms with Crippen LogP contribution in [-0.4, -0.2) is 5.78 Å². The first-order valence-electron chi connectivity index (χ1n) is 6.06. The van der Waals surface area contributed by atoms with Crippen LogP contribution in [0.3, 0.4) is 0 Å². The summed E-state index contributed by atoms with van der Waals surface area (Å²) in [7, 11) is 0. The Morgan fingerprint density at radius 3 is 3.00 bits per heavy atom. The summed E-state index contributed by atoms with van der Waals surface area (Å²) in [5.74, 6) is -0.744. The third-order valence-electron chi connectivity index (χ3n) is 2.37. The van der Waals surface area contributed by atoms with Crippen molar-refractivity contribution in [1.82, 2.24) is 0 Å². The molecule has 0 amide bonds. The highest BCUT2D eigenvalue weighted by atomic mass is 35.5. The van der Waals surface area contributed by atoms with E-state index in [4.69, 9.17) is 21.4 Å². The fourth-order valence-electron chi connectivity index (χ4n) is 1.55. The number of hydrogen-bond acceptors (Lipinski definition) is 2. The molecule has 3 heteroatoms. The van der Waals surface area contributed by atoms with Crippen LogP contribution in [-0.2, 0) is 10.3 Å². The molecule has 0 spiro atoms. The third kappa shape index (κ3) is 1.71. The van der Waals surface area contributed by atoms with Gasteiger partial charge in [0.1, 0.15) is 5.54 Å². The second-order valence-corrected chi connectivity index (χ2v) is 3.75. The van der Waals surface area contributed by atoms with Gasteiger partial charge in [-0.25, -0.2) is 0 Å². The molecular formula is C12H12ClNO. The van der Waals surface area contributed by atoms with Crippen LogP contribution in [0.15, 0.2) is 36.4 Å². The minimum Gasteiger partial charge on any atom is -0.315 e. The molecule has 0 aromatic heterocycles. The van der Waals surface area contributed by atoms with Crippen molar-refractivity contribution < 1.29 is 8.91 Å². The van der Waals surface area contributed by atoms with E-state index in [2.05, 4.69) is 0 Å². The van der Waals surface area contributed by atoms with E-state index >= 15 is 0 Å². The highest BCUT2D eigenvalue weighted by Gasteiger charge is 2.36. The zero-order valence-electron chi connectivity index (χ0n) is 11.0. The van der Waals surface area contributed by atoms with E-state index in [0.717, 1.165) is 0 Å². The average Bonchev–Trinajstić information content (AvgIpc) is 2.33. The maximum atomic E-state index is 12.1. The molecule has 1 unspecified atom stereocenters. The maximum Gasteiger partial charge on any atom is 0.179 e. The van der Waals surface area contributed by atoms with Crippen LogP contribution in [0.4, 0.5) is 0 Å². The molecule has 1 atom stereocenters. The number of halogens is 1. The number of benzene rings is 1. The molecule has 0 heterocycles. The summed E-state index contributed by atoms with van der Waals surface area (Å²) < 4.78 is 23.5. The number of allylic oxidation sites excluding steroid dienone is 1. The zero-order chi connectivity index (χ0) is 13.6. The minimum absolute atomic E-state index is 0.0840. The summed E-state index contributed by atoms with van der Waals surface area (Å²) in [6.07, 6.45) is -0.802. The standard InChI is InChI=1S/C12H12ClNO/c13-10-6-2-1-5-9(10)12(14)8-4-3-7-11(12)15/h1-3,5-7H,4,8,14H2/i7D,8D2. The second-order valence-electron chi connectivity index (χ2n) is 3.35. The first kappa shape index (κ1) is 7.20. The summed E-state index contributed by atoms with van der Waals surface area (Å²) in [4.78, 5) is 12.1. The van der Waals surface area contributed by atoms with Gasteiger partial charge in [-0.05, 0) is 30.5 Å². The first-order chi connectivity index (χ1) is 8.30. The highest BCUT2D eigenvalue weighted by molar-refractivity contribution is 6.31. The van der Waals surface area contributed by atoms with E-state index in [1.54, 1.807) is 18.2 Å². The molecule has 1 aliphatic rings. The number of rotatable bonds is 1. The summed E-state index contributed by atoms with van der Waals surface area (Å²) >= 11 is 6.01. The zero-order valence-corrected chi connectivity index (χ0v) is 8.71. The van der Waals surface area contributed by atoms with Gasteiger partial charge in [0.15, 0.2) is 5.78 Å². The summed E-state index contributed by atoms with van der Waals surface area (Å²) in [6.45, 7) is 0. The Balaban J connectivity index is 2.68. The van der Waals surface area contributed by atoms with Crippen LogP contribution in [0.25, 0.3) is 0 Å². The molecule has 0 radical (unpaired) electrons. The number of hydrogen-bond donors (Lipinski definition) is 1. The lowest BCUT2D eigenvalue weighted by Gasteiger charge is -2.30. The molecule has 0 fully saturated rings.